The average molecular weight is 1030 g/mol. The molecular formula is C57H108O15. The topological polar surface area (TPSA) is 231 Å². The SMILES string of the molecule is CCCCCCCCCCCCCCCCCCCCCCCCC(=O)O[C@H](COC(=O)CCCCCCCCCCCCCCCC)CO[C@H]1O[C@@H](CO[C@H]2O[C@@H](CO)[C@@H](O)C(O)C2O)[C@@H](O)C(O)C1O. The molecule has 0 saturated carbocycles. The maximum Gasteiger partial charge on any atom is 0.306 e. The fourth-order valence-electron chi connectivity index (χ4n) is 9.75. The van der Waals surface area contributed by atoms with Crippen molar-refractivity contribution in [3.63, 3.8) is 0 Å². The van der Waals surface area contributed by atoms with Gasteiger partial charge >= 0.3 is 11.9 Å². The number of aliphatic hydroxyl groups excluding tert-OH is 7. The average Bonchev–Trinajstić information content (AvgIpc) is 3.37. The standard InChI is InChI=1S/C57H108O15/c1-3-5-7-9-11-13-15-17-19-20-21-22-23-24-25-26-28-30-32-34-36-38-40-49(60)70-45(42-67-48(59)39-37-35-33-31-29-27-18-16-14-12-10-8-6-4-2)43-68-56-55(66)53(64)51(62)47(72-56)44-69-57-54(65)52(63)50(61)46(41-58)71-57/h45-47,50-58,61-66H,3-44H2,1-2H3/t45-,46+,47+,50-,51-,52?,53?,54?,55?,56+,57+/m1/s1. The van der Waals surface area contributed by atoms with Crippen LogP contribution in [0.4, 0.5) is 0 Å². The fraction of sp³-hybridized carbons (Fsp3) is 0.965. The van der Waals surface area contributed by atoms with Gasteiger partial charge in [0.15, 0.2) is 18.7 Å². The Bertz CT molecular complexity index is 1260. The predicted octanol–water partition coefficient (Wildman–Crippen LogP) is 9.95. The highest BCUT2D eigenvalue weighted by atomic mass is 16.7. The summed E-state index contributed by atoms with van der Waals surface area (Å²) in [5, 5.41) is 72.3. The van der Waals surface area contributed by atoms with E-state index < -0.39 is 92.7 Å². The molecule has 2 aliphatic heterocycles. The predicted molar refractivity (Wildman–Crippen MR) is 280 cm³/mol. The zero-order valence-electron chi connectivity index (χ0n) is 45.4. The quantitative estimate of drug-likeness (QED) is 0.0222. The van der Waals surface area contributed by atoms with Gasteiger partial charge in [-0.1, -0.05) is 232 Å². The van der Waals surface area contributed by atoms with Gasteiger partial charge in [-0.2, -0.15) is 0 Å². The molecule has 2 fully saturated rings. The second kappa shape index (κ2) is 44.6. The van der Waals surface area contributed by atoms with E-state index in [0.717, 1.165) is 38.5 Å². The van der Waals surface area contributed by atoms with Gasteiger partial charge in [0, 0.05) is 12.8 Å². The first kappa shape index (κ1) is 66.6. The molecule has 0 aromatic carbocycles. The number of aliphatic hydroxyl groups is 7. The fourth-order valence-corrected chi connectivity index (χ4v) is 9.75. The van der Waals surface area contributed by atoms with Gasteiger partial charge in [0.25, 0.3) is 0 Å². The molecule has 15 heteroatoms. The largest absolute Gasteiger partial charge is 0.462 e. The van der Waals surface area contributed by atoms with Crippen LogP contribution in [0.15, 0.2) is 0 Å². The van der Waals surface area contributed by atoms with E-state index >= 15 is 0 Å². The third kappa shape index (κ3) is 31.5. The summed E-state index contributed by atoms with van der Waals surface area (Å²) in [4.78, 5) is 25.9. The van der Waals surface area contributed by atoms with E-state index in [4.69, 9.17) is 28.4 Å². The molecule has 2 saturated heterocycles. The van der Waals surface area contributed by atoms with Crippen LogP contribution >= 0.6 is 0 Å². The van der Waals surface area contributed by atoms with Crippen LogP contribution in [0.1, 0.15) is 258 Å². The summed E-state index contributed by atoms with van der Waals surface area (Å²) >= 11 is 0. The highest BCUT2D eigenvalue weighted by Gasteiger charge is 2.47. The summed E-state index contributed by atoms with van der Waals surface area (Å²) in [6.07, 6.45) is 28.4. The first-order chi connectivity index (χ1) is 35.0. The summed E-state index contributed by atoms with van der Waals surface area (Å²) in [6.45, 7) is 2.65. The summed E-state index contributed by atoms with van der Waals surface area (Å²) < 4.78 is 33.7. The number of unbranched alkanes of at least 4 members (excludes halogenated alkanes) is 34. The monoisotopic (exact) mass is 1030 g/mol. The van der Waals surface area contributed by atoms with Gasteiger partial charge in [-0.3, -0.25) is 9.59 Å². The van der Waals surface area contributed by atoms with Crippen molar-refractivity contribution in [2.24, 2.45) is 0 Å². The number of carbonyl (C=O) groups excluding carboxylic acids is 2. The van der Waals surface area contributed by atoms with Crippen LogP contribution in [0.3, 0.4) is 0 Å². The third-order valence-electron chi connectivity index (χ3n) is 14.6. The van der Waals surface area contributed by atoms with Crippen molar-refractivity contribution < 1.29 is 73.8 Å². The lowest BCUT2D eigenvalue weighted by Crippen LogP contribution is -2.61. The van der Waals surface area contributed by atoms with E-state index in [0.29, 0.717) is 12.8 Å². The Hall–Kier alpha value is -1.50. The lowest BCUT2D eigenvalue weighted by Gasteiger charge is -2.42. The molecule has 0 aromatic heterocycles. The Labute approximate surface area is 436 Å². The summed E-state index contributed by atoms with van der Waals surface area (Å²) in [5.74, 6) is -0.904. The van der Waals surface area contributed by atoms with Gasteiger partial charge < -0.3 is 64.2 Å². The molecule has 0 aromatic rings. The first-order valence-electron chi connectivity index (χ1n) is 29.6. The van der Waals surface area contributed by atoms with Gasteiger partial charge in [0.05, 0.1) is 19.8 Å². The molecule has 426 valence electrons. The Balaban J connectivity index is 1.72. The zero-order chi connectivity index (χ0) is 52.4. The lowest BCUT2D eigenvalue weighted by molar-refractivity contribution is -0.332. The number of rotatable bonds is 48. The number of hydrogen-bond acceptors (Lipinski definition) is 15. The molecule has 0 amide bonds. The minimum atomic E-state index is -1.76. The van der Waals surface area contributed by atoms with Gasteiger partial charge in [0.2, 0.25) is 0 Å². The van der Waals surface area contributed by atoms with Gasteiger partial charge in [-0.05, 0) is 12.8 Å². The van der Waals surface area contributed by atoms with Gasteiger partial charge in [-0.15, -0.1) is 0 Å². The van der Waals surface area contributed by atoms with E-state index in [2.05, 4.69) is 13.8 Å². The molecule has 4 unspecified atom stereocenters. The summed E-state index contributed by atoms with van der Waals surface area (Å²) in [7, 11) is 0. The molecule has 0 aliphatic carbocycles. The molecular weight excluding hydrogens is 925 g/mol. The Kier molecular flexibility index (Phi) is 41.3. The van der Waals surface area contributed by atoms with E-state index in [-0.39, 0.29) is 26.1 Å². The molecule has 0 spiro atoms. The van der Waals surface area contributed by atoms with Crippen LogP contribution in [0.5, 0.6) is 0 Å². The number of hydrogen-bond donors (Lipinski definition) is 7. The van der Waals surface area contributed by atoms with Crippen molar-refractivity contribution in [3.05, 3.63) is 0 Å². The van der Waals surface area contributed by atoms with E-state index in [9.17, 15) is 45.3 Å². The number of esters is 2. The van der Waals surface area contributed by atoms with Crippen molar-refractivity contribution in [2.75, 3.05) is 26.4 Å². The Morgan fingerprint density at radius 2 is 0.708 bits per heavy atom. The smallest absolute Gasteiger partial charge is 0.306 e. The second-order valence-electron chi connectivity index (χ2n) is 21.2. The van der Waals surface area contributed by atoms with E-state index in [1.165, 1.54) is 180 Å². The van der Waals surface area contributed by atoms with Crippen molar-refractivity contribution in [2.45, 2.75) is 325 Å². The van der Waals surface area contributed by atoms with Crippen LogP contribution < -0.4 is 0 Å². The van der Waals surface area contributed by atoms with Crippen molar-refractivity contribution in [3.8, 4) is 0 Å². The second-order valence-corrected chi connectivity index (χ2v) is 21.2. The van der Waals surface area contributed by atoms with E-state index in [1.54, 1.807) is 0 Å². The van der Waals surface area contributed by atoms with Crippen LogP contribution in [0, 0.1) is 0 Å². The number of carbonyl (C=O) groups is 2. The van der Waals surface area contributed by atoms with E-state index in [1.807, 2.05) is 0 Å². The van der Waals surface area contributed by atoms with Crippen LogP contribution in [0.2, 0.25) is 0 Å². The minimum absolute atomic E-state index is 0.174. The minimum Gasteiger partial charge on any atom is -0.462 e. The first-order valence-corrected chi connectivity index (χ1v) is 29.6. The molecule has 0 radical (unpaired) electrons. The van der Waals surface area contributed by atoms with Crippen molar-refractivity contribution in [1.29, 1.82) is 0 Å². The molecule has 2 heterocycles. The maximum atomic E-state index is 13.1. The van der Waals surface area contributed by atoms with Gasteiger partial charge in [0.1, 0.15) is 55.4 Å². The Morgan fingerprint density at radius 1 is 0.389 bits per heavy atom. The van der Waals surface area contributed by atoms with Crippen molar-refractivity contribution in [1.82, 2.24) is 0 Å². The van der Waals surface area contributed by atoms with Crippen LogP contribution in [0.25, 0.3) is 0 Å². The molecule has 0 bridgehead atoms. The molecule has 15 nitrogen and oxygen atoms in total. The zero-order valence-corrected chi connectivity index (χ0v) is 45.4. The maximum absolute atomic E-state index is 13.1. The molecule has 2 rings (SSSR count). The van der Waals surface area contributed by atoms with Crippen LogP contribution in [-0.2, 0) is 38.0 Å². The Morgan fingerprint density at radius 3 is 1.08 bits per heavy atom. The summed E-state index contributed by atoms with van der Waals surface area (Å²) in [5.41, 5.74) is 0. The third-order valence-corrected chi connectivity index (χ3v) is 14.6. The molecule has 11 atom stereocenters. The molecule has 2 aliphatic rings. The highest BCUT2D eigenvalue weighted by molar-refractivity contribution is 5.70. The summed E-state index contributed by atoms with van der Waals surface area (Å²) in [6, 6.07) is 0. The highest BCUT2D eigenvalue weighted by Crippen LogP contribution is 2.27. The van der Waals surface area contributed by atoms with Crippen LogP contribution in [-0.4, -0.2) is 142 Å². The lowest BCUT2D eigenvalue weighted by atomic mass is 9.98. The number of ether oxygens (including phenoxy) is 6. The van der Waals surface area contributed by atoms with Gasteiger partial charge in [-0.25, -0.2) is 0 Å². The molecule has 72 heavy (non-hydrogen) atoms. The van der Waals surface area contributed by atoms with Crippen molar-refractivity contribution >= 4 is 11.9 Å². The molecule has 7 N–H and O–H groups in total. The normalized spacial score (nSPS) is 24.9.